The molecule has 4 atom stereocenters. The third-order valence-electron chi connectivity index (χ3n) is 4.11. The molecule has 0 aromatic heterocycles. The maximum atomic E-state index is 11.9. The van der Waals surface area contributed by atoms with Gasteiger partial charge in [-0.15, -0.1) is 0 Å². The van der Waals surface area contributed by atoms with E-state index in [0.717, 1.165) is 13.2 Å². The fraction of sp³-hybridized carbons (Fsp3) is 0.412. The number of carbonyl (C=O) groups is 2. The maximum absolute atomic E-state index is 11.9. The Labute approximate surface area is 148 Å². The lowest BCUT2D eigenvalue weighted by molar-refractivity contribution is -0.198. The molecular weight excluding hydrogens is 348 g/mol. The number of phenolic OH excluding ortho intramolecular Hbond substituents is 2. The SMILES string of the molecule is COC(=O)[C@]1(O)C[C@@H](O)[C@H](O)[C@H](OC(=O)/C=C/c2ccc(O)c(O)c2)C1. The van der Waals surface area contributed by atoms with E-state index in [-0.39, 0.29) is 11.5 Å². The number of aliphatic hydroxyl groups excluding tert-OH is 2. The van der Waals surface area contributed by atoms with Gasteiger partial charge in [0, 0.05) is 18.9 Å². The Morgan fingerprint density at radius 1 is 1.19 bits per heavy atom. The molecule has 0 heterocycles. The molecule has 1 aromatic carbocycles. The average molecular weight is 368 g/mol. The summed E-state index contributed by atoms with van der Waals surface area (Å²) in [6.45, 7) is 0. The van der Waals surface area contributed by atoms with Gasteiger partial charge in [0.25, 0.3) is 0 Å². The number of ether oxygens (including phenoxy) is 2. The molecule has 9 nitrogen and oxygen atoms in total. The predicted molar refractivity (Wildman–Crippen MR) is 86.9 cm³/mol. The minimum Gasteiger partial charge on any atom is -0.504 e. The van der Waals surface area contributed by atoms with Crippen molar-refractivity contribution in [1.82, 2.24) is 0 Å². The lowest BCUT2D eigenvalue weighted by atomic mass is 9.79. The first-order valence-corrected chi connectivity index (χ1v) is 7.74. The topological polar surface area (TPSA) is 154 Å². The second-order valence-electron chi connectivity index (χ2n) is 6.05. The molecule has 1 saturated carbocycles. The number of hydrogen-bond donors (Lipinski definition) is 5. The van der Waals surface area contributed by atoms with E-state index in [1.54, 1.807) is 0 Å². The van der Waals surface area contributed by atoms with E-state index < -0.39 is 48.7 Å². The van der Waals surface area contributed by atoms with Crippen molar-refractivity contribution in [3.8, 4) is 11.5 Å². The molecule has 1 aliphatic carbocycles. The standard InChI is InChI=1S/C17H20O9/c1-25-16(23)17(24)7-12(20)15(22)13(8-17)26-14(21)5-3-9-2-4-10(18)11(19)6-9/h2-6,12-13,15,18-20,22,24H,7-8H2,1H3/b5-3+/t12-,13-,15+,17+/m1/s1. The molecule has 0 radical (unpaired) electrons. The van der Waals surface area contributed by atoms with Crippen LogP contribution in [0.5, 0.6) is 11.5 Å². The highest BCUT2D eigenvalue weighted by molar-refractivity contribution is 5.87. The summed E-state index contributed by atoms with van der Waals surface area (Å²) >= 11 is 0. The van der Waals surface area contributed by atoms with E-state index in [4.69, 9.17) is 4.74 Å². The summed E-state index contributed by atoms with van der Waals surface area (Å²) in [5, 5.41) is 48.7. The first-order chi connectivity index (χ1) is 12.2. The van der Waals surface area contributed by atoms with Crippen molar-refractivity contribution in [3.63, 3.8) is 0 Å². The minimum atomic E-state index is -2.08. The van der Waals surface area contributed by atoms with E-state index >= 15 is 0 Å². The van der Waals surface area contributed by atoms with E-state index in [1.807, 2.05) is 0 Å². The van der Waals surface area contributed by atoms with Gasteiger partial charge >= 0.3 is 11.9 Å². The average Bonchev–Trinajstić information content (AvgIpc) is 2.59. The first-order valence-electron chi connectivity index (χ1n) is 7.74. The van der Waals surface area contributed by atoms with Crippen molar-refractivity contribution in [2.75, 3.05) is 7.11 Å². The van der Waals surface area contributed by atoms with E-state index in [0.29, 0.717) is 5.56 Å². The van der Waals surface area contributed by atoms with Crippen LogP contribution in [0.2, 0.25) is 0 Å². The van der Waals surface area contributed by atoms with Gasteiger partial charge in [-0.1, -0.05) is 6.07 Å². The summed E-state index contributed by atoms with van der Waals surface area (Å²) in [7, 11) is 1.06. The number of esters is 2. The van der Waals surface area contributed by atoms with Crippen molar-refractivity contribution >= 4 is 18.0 Å². The van der Waals surface area contributed by atoms with Gasteiger partial charge in [-0.25, -0.2) is 9.59 Å². The van der Waals surface area contributed by atoms with Crippen LogP contribution in [0.15, 0.2) is 24.3 Å². The normalized spacial score (nSPS) is 28.7. The lowest BCUT2D eigenvalue weighted by Crippen LogP contribution is -2.57. The number of phenols is 2. The van der Waals surface area contributed by atoms with Gasteiger partial charge in [-0.05, 0) is 23.8 Å². The highest BCUT2D eigenvalue weighted by atomic mass is 16.6. The highest BCUT2D eigenvalue weighted by Gasteiger charge is 2.50. The minimum absolute atomic E-state index is 0.314. The van der Waals surface area contributed by atoms with Crippen LogP contribution < -0.4 is 0 Å². The smallest absolute Gasteiger partial charge is 0.338 e. The van der Waals surface area contributed by atoms with Crippen molar-refractivity contribution in [2.24, 2.45) is 0 Å². The Balaban J connectivity index is 2.07. The second-order valence-corrected chi connectivity index (χ2v) is 6.05. The molecule has 142 valence electrons. The highest BCUT2D eigenvalue weighted by Crippen LogP contribution is 2.32. The number of carbonyl (C=O) groups excluding carboxylic acids is 2. The molecule has 1 fully saturated rings. The summed E-state index contributed by atoms with van der Waals surface area (Å²) in [5.41, 5.74) is -1.68. The molecule has 5 N–H and O–H groups in total. The van der Waals surface area contributed by atoms with Crippen LogP contribution in [0.4, 0.5) is 0 Å². The number of aliphatic hydroxyl groups is 3. The molecule has 0 amide bonds. The molecule has 2 rings (SSSR count). The summed E-state index contributed by atoms with van der Waals surface area (Å²) in [5.74, 6) is -2.58. The van der Waals surface area contributed by atoms with Gasteiger partial charge in [0.15, 0.2) is 17.1 Å². The molecule has 0 saturated heterocycles. The largest absolute Gasteiger partial charge is 0.504 e. The maximum Gasteiger partial charge on any atom is 0.338 e. The summed E-state index contributed by atoms with van der Waals surface area (Å²) < 4.78 is 9.50. The Bertz CT molecular complexity index is 714. The Kier molecular flexibility index (Phi) is 5.86. The molecule has 26 heavy (non-hydrogen) atoms. The fourth-order valence-electron chi connectivity index (χ4n) is 2.72. The Hall–Kier alpha value is -2.62. The second kappa shape index (κ2) is 7.73. The van der Waals surface area contributed by atoms with Gasteiger partial charge in [0.05, 0.1) is 13.2 Å². The number of methoxy groups -OCH3 is 1. The monoisotopic (exact) mass is 368 g/mol. The lowest BCUT2D eigenvalue weighted by Gasteiger charge is -2.39. The molecule has 0 spiro atoms. The third-order valence-corrected chi connectivity index (χ3v) is 4.11. The van der Waals surface area contributed by atoms with Crippen molar-refractivity contribution in [2.45, 2.75) is 36.8 Å². The van der Waals surface area contributed by atoms with Crippen molar-refractivity contribution in [3.05, 3.63) is 29.8 Å². The Morgan fingerprint density at radius 2 is 1.88 bits per heavy atom. The quantitative estimate of drug-likeness (QED) is 0.267. The van der Waals surface area contributed by atoms with Gasteiger partial charge < -0.3 is 35.0 Å². The van der Waals surface area contributed by atoms with Crippen LogP contribution >= 0.6 is 0 Å². The zero-order valence-corrected chi connectivity index (χ0v) is 13.9. The Morgan fingerprint density at radius 3 is 2.50 bits per heavy atom. The third kappa shape index (κ3) is 4.31. The van der Waals surface area contributed by atoms with Crippen LogP contribution in [0.3, 0.4) is 0 Å². The molecule has 9 heteroatoms. The summed E-state index contributed by atoms with van der Waals surface area (Å²) in [4.78, 5) is 23.6. The molecule has 0 unspecified atom stereocenters. The van der Waals surface area contributed by atoms with Crippen LogP contribution in [0.25, 0.3) is 6.08 Å². The van der Waals surface area contributed by atoms with Crippen molar-refractivity contribution < 1.29 is 44.6 Å². The summed E-state index contributed by atoms with van der Waals surface area (Å²) in [6.07, 6.45) is -2.88. The van der Waals surface area contributed by atoms with Crippen LogP contribution in [0.1, 0.15) is 18.4 Å². The zero-order valence-electron chi connectivity index (χ0n) is 13.9. The number of rotatable bonds is 4. The van der Waals surface area contributed by atoms with Crippen LogP contribution in [0, 0.1) is 0 Å². The molecule has 1 aliphatic rings. The van der Waals surface area contributed by atoms with E-state index in [2.05, 4.69) is 4.74 Å². The molecule has 0 bridgehead atoms. The number of hydrogen-bond acceptors (Lipinski definition) is 9. The predicted octanol–water partition coefficient (Wildman–Crippen LogP) is -0.558. The zero-order chi connectivity index (χ0) is 19.5. The molecular formula is C17H20O9. The van der Waals surface area contributed by atoms with Gasteiger partial charge in [-0.3, -0.25) is 0 Å². The van der Waals surface area contributed by atoms with Crippen molar-refractivity contribution in [1.29, 1.82) is 0 Å². The fourth-order valence-corrected chi connectivity index (χ4v) is 2.72. The van der Waals surface area contributed by atoms with Gasteiger partial charge in [-0.2, -0.15) is 0 Å². The molecule has 1 aromatic rings. The number of aromatic hydroxyl groups is 2. The van der Waals surface area contributed by atoms with Crippen LogP contribution in [-0.4, -0.2) is 68.5 Å². The van der Waals surface area contributed by atoms with E-state index in [9.17, 15) is 35.1 Å². The summed E-state index contributed by atoms with van der Waals surface area (Å²) in [6, 6.07) is 3.89. The van der Waals surface area contributed by atoms with Gasteiger partial charge in [0.1, 0.15) is 12.2 Å². The molecule has 0 aliphatic heterocycles. The van der Waals surface area contributed by atoms with Crippen LogP contribution in [-0.2, 0) is 19.1 Å². The first kappa shape index (κ1) is 19.7. The van der Waals surface area contributed by atoms with E-state index in [1.165, 1.54) is 24.3 Å². The number of benzene rings is 1. The van der Waals surface area contributed by atoms with Gasteiger partial charge in [0.2, 0.25) is 0 Å².